The van der Waals surface area contributed by atoms with Gasteiger partial charge in [0.2, 0.25) is 0 Å². The van der Waals surface area contributed by atoms with E-state index in [0.29, 0.717) is 17.1 Å². The number of ketones is 1. The number of rotatable bonds is 7. The van der Waals surface area contributed by atoms with Crippen LogP contribution in [-0.2, 0) is 14.3 Å². The van der Waals surface area contributed by atoms with Crippen molar-refractivity contribution in [2.24, 2.45) is 0 Å². The summed E-state index contributed by atoms with van der Waals surface area (Å²) >= 11 is 1.44. The van der Waals surface area contributed by atoms with E-state index in [1.807, 2.05) is 18.4 Å². The van der Waals surface area contributed by atoms with Gasteiger partial charge in [-0.1, -0.05) is 0 Å². The van der Waals surface area contributed by atoms with Crippen molar-refractivity contribution in [2.45, 2.75) is 13.0 Å². The summed E-state index contributed by atoms with van der Waals surface area (Å²) in [6.45, 7) is 2.44. The maximum atomic E-state index is 12.9. The number of nitrogens with zero attached hydrogens (tertiary/aromatic N) is 1. The van der Waals surface area contributed by atoms with Crippen molar-refractivity contribution in [1.29, 1.82) is 0 Å². The van der Waals surface area contributed by atoms with Crippen LogP contribution >= 0.6 is 11.3 Å². The molecule has 0 bridgehead atoms. The highest BCUT2D eigenvalue weighted by Gasteiger charge is 2.46. The van der Waals surface area contributed by atoms with Crippen LogP contribution in [0.5, 0.6) is 11.5 Å². The summed E-state index contributed by atoms with van der Waals surface area (Å²) in [6, 6.07) is 6.10. The van der Waals surface area contributed by atoms with E-state index in [0.717, 1.165) is 10.4 Å². The molecule has 0 aliphatic carbocycles. The molecular weight excluding hydrogens is 394 g/mol. The maximum absolute atomic E-state index is 12.9. The van der Waals surface area contributed by atoms with Gasteiger partial charge in [-0.2, -0.15) is 0 Å². The Balaban J connectivity index is 2.17. The first-order chi connectivity index (χ1) is 13.9. The molecule has 0 radical (unpaired) electrons. The van der Waals surface area contributed by atoms with Crippen molar-refractivity contribution in [3.8, 4) is 11.5 Å². The number of hydrogen-bond donors (Lipinski definition) is 1. The standard InChI is InChI=1S/C21H23NO6S/c1-12-7-10-29-20(12)17-16(19(24)21(25)22(17)8-9-26-2)18(23)13-5-6-14(27-3)15(11-13)28-4/h5-7,10-11,17,23H,8-9H2,1-4H3/b18-16-. The predicted octanol–water partition coefficient (Wildman–Crippen LogP) is 3.14. The number of thiophene rings is 1. The lowest BCUT2D eigenvalue weighted by Gasteiger charge is -2.24. The number of carbonyl (C=O) groups is 2. The lowest BCUT2D eigenvalue weighted by molar-refractivity contribution is -0.140. The van der Waals surface area contributed by atoms with Crippen LogP contribution in [0.15, 0.2) is 35.2 Å². The molecule has 1 N–H and O–H groups in total. The van der Waals surface area contributed by atoms with E-state index in [4.69, 9.17) is 14.2 Å². The van der Waals surface area contributed by atoms with Crippen LogP contribution in [0.25, 0.3) is 5.76 Å². The first kappa shape index (κ1) is 20.9. The maximum Gasteiger partial charge on any atom is 0.295 e. The van der Waals surface area contributed by atoms with Gasteiger partial charge < -0.3 is 24.2 Å². The molecule has 1 amide bonds. The Kier molecular flexibility index (Phi) is 6.24. The molecule has 7 nitrogen and oxygen atoms in total. The molecule has 3 rings (SSSR count). The van der Waals surface area contributed by atoms with E-state index in [1.165, 1.54) is 37.6 Å². The van der Waals surface area contributed by atoms with E-state index in [-0.39, 0.29) is 24.5 Å². The van der Waals surface area contributed by atoms with Crippen LogP contribution in [-0.4, -0.2) is 56.2 Å². The number of ether oxygens (including phenoxy) is 3. The zero-order valence-corrected chi connectivity index (χ0v) is 17.5. The van der Waals surface area contributed by atoms with Crippen LogP contribution in [0.4, 0.5) is 0 Å². The lowest BCUT2D eigenvalue weighted by Crippen LogP contribution is -2.32. The number of methoxy groups -OCH3 is 3. The summed E-state index contributed by atoms with van der Waals surface area (Å²) in [5, 5.41) is 13.0. The van der Waals surface area contributed by atoms with Gasteiger partial charge in [0, 0.05) is 24.1 Å². The van der Waals surface area contributed by atoms with E-state index in [1.54, 1.807) is 18.2 Å². The monoisotopic (exact) mass is 417 g/mol. The normalized spacial score (nSPS) is 18.3. The Bertz CT molecular complexity index is 964. The summed E-state index contributed by atoms with van der Waals surface area (Å²) in [4.78, 5) is 27.9. The van der Waals surface area contributed by atoms with E-state index < -0.39 is 17.7 Å². The second-order valence-corrected chi connectivity index (χ2v) is 7.47. The van der Waals surface area contributed by atoms with Gasteiger partial charge in [0.25, 0.3) is 11.7 Å². The fourth-order valence-electron chi connectivity index (χ4n) is 3.38. The minimum atomic E-state index is -0.716. The highest BCUT2D eigenvalue weighted by molar-refractivity contribution is 7.10. The Labute approximate surface area is 173 Å². The number of carbonyl (C=O) groups excluding carboxylic acids is 2. The molecule has 154 valence electrons. The van der Waals surface area contributed by atoms with Crippen LogP contribution in [0, 0.1) is 6.92 Å². The van der Waals surface area contributed by atoms with Crippen molar-refractivity contribution >= 4 is 28.8 Å². The Morgan fingerprint density at radius 3 is 2.45 bits per heavy atom. The van der Waals surface area contributed by atoms with Gasteiger partial charge in [0.15, 0.2) is 11.5 Å². The molecule has 0 spiro atoms. The van der Waals surface area contributed by atoms with Crippen molar-refractivity contribution < 1.29 is 28.9 Å². The fourth-order valence-corrected chi connectivity index (χ4v) is 4.42. The summed E-state index contributed by atoms with van der Waals surface area (Å²) in [6.07, 6.45) is 0. The van der Waals surface area contributed by atoms with Gasteiger partial charge in [0.05, 0.1) is 32.4 Å². The number of amides is 1. The van der Waals surface area contributed by atoms with Gasteiger partial charge in [0.1, 0.15) is 5.76 Å². The molecule has 1 aromatic carbocycles. The molecular formula is C21H23NO6S. The van der Waals surface area contributed by atoms with Crippen molar-refractivity contribution in [1.82, 2.24) is 4.90 Å². The number of aryl methyl sites for hydroxylation is 1. The quantitative estimate of drug-likeness (QED) is 0.423. The molecule has 2 heterocycles. The molecule has 1 aromatic heterocycles. The Morgan fingerprint density at radius 2 is 1.86 bits per heavy atom. The number of aliphatic hydroxyl groups excluding tert-OH is 1. The molecule has 1 atom stereocenters. The molecule has 2 aromatic rings. The SMILES string of the molecule is COCCN1C(=O)C(=O)/C(=C(\O)c2ccc(OC)c(OC)c2)C1c1sccc1C. The molecule has 8 heteroatoms. The highest BCUT2D eigenvalue weighted by atomic mass is 32.1. The zero-order chi connectivity index (χ0) is 21.1. The number of likely N-dealkylation sites (tertiary alicyclic amines) is 1. The van der Waals surface area contributed by atoms with Gasteiger partial charge in [-0.3, -0.25) is 9.59 Å². The van der Waals surface area contributed by atoms with Crippen molar-refractivity contribution in [3.63, 3.8) is 0 Å². The summed E-state index contributed by atoms with van der Waals surface area (Å²) in [5.74, 6) is -0.709. The van der Waals surface area contributed by atoms with Gasteiger partial charge in [-0.15, -0.1) is 11.3 Å². The van der Waals surface area contributed by atoms with Crippen LogP contribution < -0.4 is 9.47 Å². The van der Waals surface area contributed by atoms with Gasteiger partial charge in [-0.25, -0.2) is 0 Å². The molecule has 29 heavy (non-hydrogen) atoms. The van der Waals surface area contributed by atoms with Gasteiger partial charge in [-0.05, 0) is 42.1 Å². The third-order valence-corrected chi connectivity index (χ3v) is 5.95. The van der Waals surface area contributed by atoms with Crippen LogP contribution in [0.1, 0.15) is 22.0 Å². The minimum absolute atomic E-state index is 0.0591. The number of hydrogen-bond acceptors (Lipinski definition) is 7. The molecule has 1 aliphatic rings. The first-order valence-corrected chi connectivity index (χ1v) is 9.86. The number of benzene rings is 1. The van der Waals surface area contributed by atoms with Gasteiger partial charge >= 0.3 is 0 Å². The fraction of sp³-hybridized carbons (Fsp3) is 0.333. The smallest absolute Gasteiger partial charge is 0.295 e. The second-order valence-electron chi connectivity index (χ2n) is 6.52. The van der Waals surface area contributed by atoms with Crippen LogP contribution in [0.3, 0.4) is 0 Å². The first-order valence-electron chi connectivity index (χ1n) is 8.98. The molecule has 1 saturated heterocycles. The minimum Gasteiger partial charge on any atom is -0.507 e. The van der Waals surface area contributed by atoms with Crippen molar-refractivity contribution in [2.75, 3.05) is 34.5 Å². The largest absolute Gasteiger partial charge is 0.507 e. The van der Waals surface area contributed by atoms with E-state index in [9.17, 15) is 14.7 Å². The second kappa shape index (κ2) is 8.67. The third-order valence-electron chi connectivity index (χ3n) is 4.88. The zero-order valence-electron chi connectivity index (χ0n) is 16.7. The molecule has 1 aliphatic heterocycles. The summed E-state index contributed by atoms with van der Waals surface area (Å²) in [5.41, 5.74) is 1.37. The van der Waals surface area contributed by atoms with E-state index >= 15 is 0 Å². The summed E-state index contributed by atoms with van der Waals surface area (Å²) in [7, 11) is 4.53. The topological polar surface area (TPSA) is 85.3 Å². The third kappa shape index (κ3) is 3.73. The highest BCUT2D eigenvalue weighted by Crippen LogP contribution is 2.43. The van der Waals surface area contributed by atoms with Crippen LogP contribution in [0.2, 0.25) is 0 Å². The summed E-state index contributed by atoms with van der Waals surface area (Å²) < 4.78 is 15.6. The average molecular weight is 417 g/mol. The lowest BCUT2D eigenvalue weighted by atomic mass is 9.98. The van der Waals surface area contributed by atoms with Crippen molar-refractivity contribution in [3.05, 3.63) is 51.2 Å². The predicted molar refractivity (Wildman–Crippen MR) is 109 cm³/mol. The molecule has 1 fully saturated rings. The molecule has 1 unspecified atom stereocenters. The Morgan fingerprint density at radius 1 is 1.14 bits per heavy atom. The number of aliphatic hydroxyl groups is 1. The van der Waals surface area contributed by atoms with E-state index in [2.05, 4.69) is 0 Å². The average Bonchev–Trinajstić information content (AvgIpc) is 3.26. The number of Topliss-reactive ketones (excluding diaryl/α,β-unsaturated/α-hetero) is 1. The Hall–Kier alpha value is -2.84. The molecule has 0 saturated carbocycles.